The van der Waals surface area contributed by atoms with Crippen molar-refractivity contribution in [2.75, 3.05) is 6.54 Å². The summed E-state index contributed by atoms with van der Waals surface area (Å²) in [6, 6.07) is 26.8. The molecule has 1 N–H and O–H groups in total. The van der Waals surface area contributed by atoms with Gasteiger partial charge in [-0.15, -0.1) is 0 Å². The molecule has 0 radical (unpaired) electrons. The minimum Gasteiger partial charge on any atom is -0.361 e. The average molecular weight is 438 g/mol. The van der Waals surface area contributed by atoms with Crippen LogP contribution in [0.25, 0.3) is 11.0 Å². The fraction of sp³-hybridized carbons (Fsp3) is 0.154. The van der Waals surface area contributed by atoms with E-state index in [0.29, 0.717) is 5.11 Å². The summed E-state index contributed by atoms with van der Waals surface area (Å²) in [5.41, 5.74) is 6.25. The van der Waals surface area contributed by atoms with E-state index in [1.807, 2.05) is 41.4 Å². The molecule has 1 atom stereocenters. The zero-order chi connectivity index (χ0) is 21.8. The molecule has 1 aliphatic rings. The Bertz CT molecular complexity index is 1250. The summed E-state index contributed by atoms with van der Waals surface area (Å²) < 4.78 is 0. The Morgan fingerprint density at radius 2 is 1.66 bits per heavy atom. The highest BCUT2D eigenvalue weighted by Crippen LogP contribution is 2.35. The predicted octanol–water partition coefficient (Wildman–Crippen LogP) is 4.90. The van der Waals surface area contributed by atoms with E-state index in [1.54, 1.807) is 12.4 Å². The third kappa shape index (κ3) is 4.22. The predicted molar refractivity (Wildman–Crippen MR) is 132 cm³/mol. The normalized spacial score (nSPS) is 15.6. The quantitative estimate of drug-likeness (QED) is 0.450. The van der Waals surface area contributed by atoms with E-state index in [1.165, 1.54) is 5.56 Å². The molecule has 32 heavy (non-hydrogen) atoms. The molecule has 1 aliphatic heterocycles. The van der Waals surface area contributed by atoms with Crippen molar-refractivity contribution in [1.82, 2.24) is 20.3 Å². The highest BCUT2D eigenvalue weighted by atomic mass is 32.1. The van der Waals surface area contributed by atoms with Gasteiger partial charge in [0, 0.05) is 30.9 Å². The van der Waals surface area contributed by atoms with Crippen LogP contribution in [0.1, 0.15) is 29.2 Å². The number of hydrogen-bond donors (Lipinski definition) is 1. The van der Waals surface area contributed by atoms with Crippen LogP contribution in [-0.2, 0) is 6.42 Å². The van der Waals surface area contributed by atoms with Crippen LogP contribution in [0.4, 0.5) is 0 Å². The SMILES string of the molecule is S=C(NCCc1ccccc1)N1N=C(c2ccccc2)CC1c1cccc2nccnc12. The Balaban J connectivity index is 1.43. The smallest absolute Gasteiger partial charge is 0.190 e. The summed E-state index contributed by atoms with van der Waals surface area (Å²) in [6.45, 7) is 0.748. The molecule has 158 valence electrons. The molecule has 0 aliphatic carbocycles. The molecule has 1 aromatic heterocycles. The van der Waals surface area contributed by atoms with Gasteiger partial charge in [0.25, 0.3) is 0 Å². The molecule has 4 aromatic rings. The molecule has 3 aromatic carbocycles. The summed E-state index contributed by atoms with van der Waals surface area (Å²) in [4.78, 5) is 9.09. The van der Waals surface area contributed by atoms with Crippen molar-refractivity contribution in [2.24, 2.45) is 5.10 Å². The molecule has 1 unspecified atom stereocenters. The zero-order valence-electron chi connectivity index (χ0n) is 17.6. The first-order valence-electron chi connectivity index (χ1n) is 10.7. The van der Waals surface area contributed by atoms with E-state index >= 15 is 0 Å². The van der Waals surface area contributed by atoms with Crippen LogP contribution in [0.15, 0.2) is 96.4 Å². The number of aromatic nitrogens is 2. The summed E-state index contributed by atoms with van der Waals surface area (Å²) in [6.07, 6.45) is 5.11. The second-order valence-corrected chi connectivity index (χ2v) is 8.10. The lowest BCUT2D eigenvalue weighted by molar-refractivity contribution is 0.366. The minimum absolute atomic E-state index is 0.0395. The zero-order valence-corrected chi connectivity index (χ0v) is 18.4. The van der Waals surface area contributed by atoms with Gasteiger partial charge in [-0.1, -0.05) is 72.8 Å². The van der Waals surface area contributed by atoms with Gasteiger partial charge in [-0.3, -0.25) is 9.97 Å². The molecule has 5 nitrogen and oxygen atoms in total. The summed E-state index contributed by atoms with van der Waals surface area (Å²) >= 11 is 5.80. The van der Waals surface area contributed by atoms with Gasteiger partial charge in [-0.2, -0.15) is 5.10 Å². The average Bonchev–Trinajstić information content (AvgIpc) is 3.30. The van der Waals surface area contributed by atoms with Gasteiger partial charge >= 0.3 is 0 Å². The molecular formula is C26H23N5S. The van der Waals surface area contributed by atoms with Gasteiger partial charge in [0.1, 0.15) is 0 Å². The fourth-order valence-electron chi connectivity index (χ4n) is 4.07. The number of hydrogen-bond acceptors (Lipinski definition) is 4. The topological polar surface area (TPSA) is 53.4 Å². The lowest BCUT2D eigenvalue weighted by Crippen LogP contribution is -2.37. The number of rotatable bonds is 5. The van der Waals surface area contributed by atoms with Crippen LogP contribution >= 0.6 is 12.2 Å². The maximum absolute atomic E-state index is 5.80. The maximum atomic E-state index is 5.80. The monoisotopic (exact) mass is 437 g/mol. The largest absolute Gasteiger partial charge is 0.361 e. The molecule has 5 rings (SSSR count). The van der Waals surface area contributed by atoms with E-state index in [2.05, 4.69) is 57.7 Å². The van der Waals surface area contributed by atoms with E-state index < -0.39 is 0 Å². The van der Waals surface area contributed by atoms with Crippen LogP contribution < -0.4 is 5.32 Å². The van der Waals surface area contributed by atoms with Crippen molar-refractivity contribution in [2.45, 2.75) is 18.9 Å². The molecule has 0 fully saturated rings. The highest BCUT2D eigenvalue weighted by molar-refractivity contribution is 7.80. The number of nitrogens with one attached hydrogen (secondary N) is 1. The number of nitrogens with zero attached hydrogens (tertiary/aromatic N) is 4. The molecule has 6 heteroatoms. The number of hydrazone groups is 1. The minimum atomic E-state index is -0.0395. The molecule has 0 saturated heterocycles. The first kappa shape index (κ1) is 20.3. The van der Waals surface area contributed by atoms with Crippen molar-refractivity contribution in [3.63, 3.8) is 0 Å². The Kier molecular flexibility index (Phi) is 5.85. The Hall–Kier alpha value is -3.64. The van der Waals surface area contributed by atoms with Gasteiger partial charge in [-0.05, 0) is 35.8 Å². The van der Waals surface area contributed by atoms with E-state index in [0.717, 1.165) is 47.3 Å². The number of fused-ring (bicyclic) bond motifs is 1. The molecular weight excluding hydrogens is 414 g/mol. The second-order valence-electron chi connectivity index (χ2n) is 7.72. The number of thiocarbonyl (C=S) groups is 1. The third-order valence-electron chi connectivity index (χ3n) is 5.65. The van der Waals surface area contributed by atoms with Crippen LogP contribution in [0, 0.1) is 0 Å². The molecule has 0 saturated carbocycles. The van der Waals surface area contributed by atoms with Crippen LogP contribution in [0.3, 0.4) is 0 Å². The molecule has 0 amide bonds. The van der Waals surface area contributed by atoms with Gasteiger partial charge in [0.2, 0.25) is 0 Å². The molecule has 2 heterocycles. The van der Waals surface area contributed by atoms with E-state index in [9.17, 15) is 0 Å². The third-order valence-corrected chi connectivity index (χ3v) is 5.98. The lowest BCUT2D eigenvalue weighted by atomic mass is 9.97. The highest BCUT2D eigenvalue weighted by Gasteiger charge is 2.32. The summed E-state index contributed by atoms with van der Waals surface area (Å²) in [5, 5.41) is 10.9. The van der Waals surface area contributed by atoms with Gasteiger partial charge in [0.15, 0.2) is 5.11 Å². The summed E-state index contributed by atoms with van der Waals surface area (Å²) in [5.74, 6) is 0. The number of para-hydroxylation sites is 1. The summed E-state index contributed by atoms with van der Waals surface area (Å²) in [7, 11) is 0. The van der Waals surface area contributed by atoms with Gasteiger partial charge in [0.05, 0.1) is 22.8 Å². The molecule has 0 spiro atoms. The van der Waals surface area contributed by atoms with E-state index in [-0.39, 0.29) is 6.04 Å². The Morgan fingerprint density at radius 3 is 2.47 bits per heavy atom. The van der Waals surface area contributed by atoms with Gasteiger partial charge in [-0.25, -0.2) is 5.01 Å². The number of benzene rings is 3. The van der Waals surface area contributed by atoms with Crippen LogP contribution in [0.2, 0.25) is 0 Å². The van der Waals surface area contributed by atoms with Crippen molar-refractivity contribution in [1.29, 1.82) is 0 Å². The van der Waals surface area contributed by atoms with Gasteiger partial charge < -0.3 is 5.32 Å². The second kappa shape index (κ2) is 9.24. The standard InChI is InChI=1S/C26H23N5S/c32-26(29-15-14-19-8-3-1-4-9-19)31-24(18-23(30-31)20-10-5-2-6-11-20)21-12-7-13-22-25(21)28-17-16-27-22/h1-13,16-17,24H,14-15,18H2,(H,29,32). The van der Waals surface area contributed by atoms with Crippen LogP contribution in [0.5, 0.6) is 0 Å². The first-order chi connectivity index (χ1) is 15.8. The lowest BCUT2D eigenvalue weighted by Gasteiger charge is -2.25. The maximum Gasteiger partial charge on any atom is 0.190 e. The van der Waals surface area contributed by atoms with Crippen LogP contribution in [-0.4, -0.2) is 32.3 Å². The molecule has 0 bridgehead atoms. The van der Waals surface area contributed by atoms with Crippen molar-refractivity contribution in [3.8, 4) is 0 Å². The van der Waals surface area contributed by atoms with Crippen molar-refractivity contribution < 1.29 is 0 Å². The van der Waals surface area contributed by atoms with Crippen molar-refractivity contribution in [3.05, 3.63) is 108 Å². The fourth-order valence-corrected chi connectivity index (χ4v) is 4.34. The van der Waals surface area contributed by atoms with E-state index in [4.69, 9.17) is 17.3 Å². The first-order valence-corrected chi connectivity index (χ1v) is 11.1. The Morgan fingerprint density at radius 1 is 0.906 bits per heavy atom. The van der Waals surface area contributed by atoms with Crippen molar-refractivity contribution >= 4 is 34.1 Å². The Labute approximate surface area is 192 Å².